The minimum atomic E-state index is -5.39. The number of phosphoric acid groups is 2. The van der Waals surface area contributed by atoms with Gasteiger partial charge in [0.25, 0.3) is 0 Å². The van der Waals surface area contributed by atoms with Crippen molar-refractivity contribution in [3.05, 3.63) is 0 Å². The van der Waals surface area contributed by atoms with Gasteiger partial charge in [0, 0.05) is 0 Å². The second kappa shape index (κ2) is 11.5. The fourth-order valence-corrected chi connectivity index (χ4v) is 0. The fraction of sp³-hybridized carbons (Fsp3) is 0. The van der Waals surface area contributed by atoms with E-state index in [0.29, 0.717) is 0 Å². The molecule has 0 aromatic rings. The van der Waals surface area contributed by atoms with E-state index < -0.39 is 15.6 Å². The molecular weight excluding hydrogens is 262 g/mol. The van der Waals surface area contributed by atoms with Crippen LogP contribution in [0.2, 0.25) is 0 Å². The summed E-state index contributed by atoms with van der Waals surface area (Å²) in [6, 6.07) is 0. The Labute approximate surface area is 102 Å². The van der Waals surface area contributed by atoms with E-state index in [1.54, 1.807) is 0 Å². The molecule has 13 heavy (non-hydrogen) atoms. The predicted molar refractivity (Wildman–Crippen MR) is 28.2 cm³/mol. The quantitative estimate of drug-likeness (QED) is 0.300. The summed E-state index contributed by atoms with van der Waals surface area (Å²) in [6.07, 6.45) is 0. The van der Waals surface area contributed by atoms with E-state index in [-0.39, 0.29) is 48.7 Å². The Morgan fingerprint density at radius 2 is 0.615 bits per heavy atom. The van der Waals surface area contributed by atoms with Gasteiger partial charge < -0.3 is 49.4 Å². The molecule has 0 unspecified atom stereocenters. The first-order valence-electron chi connectivity index (χ1n) is 1.46. The molecule has 10 nitrogen and oxygen atoms in total. The maximum absolute atomic E-state index is 8.55. The normalized spacial score (nSPS) is 9.08. The molecule has 0 spiro atoms. The SMILES string of the molecule is O.O.O=P([O-])([O-])[O-].O=P([O-])([O-])[O-].[Ca+2]. The number of rotatable bonds is 0. The molecule has 0 amide bonds. The molecule has 0 aliphatic carbocycles. The molecule has 0 bridgehead atoms. The van der Waals surface area contributed by atoms with Crippen molar-refractivity contribution in [2.75, 3.05) is 0 Å². The van der Waals surface area contributed by atoms with E-state index in [2.05, 4.69) is 0 Å². The fourth-order valence-electron chi connectivity index (χ4n) is 0. The minimum absolute atomic E-state index is 0. The molecule has 0 aromatic heterocycles. The summed E-state index contributed by atoms with van der Waals surface area (Å²) in [5.41, 5.74) is 0. The zero-order valence-corrected chi connectivity index (χ0v) is 9.86. The summed E-state index contributed by atoms with van der Waals surface area (Å²) in [6.45, 7) is 0. The van der Waals surface area contributed by atoms with Crippen LogP contribution in [0, 0.1) is 0 Å². The van der Waals surface area contributed by atoms with Gasteiger partial charge in [0.15, 0.2) is 0 Å². The van der Waals surface area contributed by atoms with Crippen LogP contribution in [-0.2, 0) is 9.13 Å². The maximum atomic E-state index is 8.55. The van der Waals surface area contributed by atoms with Crippen molar-refractivity contribution < 1.29 is 49.4 Å². The Balaban J connectivity index is -0.0000000267. The molecule has 13 heteroatoms. The number of hydrogen-bond donors (Lipinski definition) is 0. The van der Waals surface area contributed by atoms with Crippen LogP contribution in [0.4, 0.5) is 0 Å². The summed E-state index contributed by atoms with van der Waals surface area (Å²) in [5, 5.41) is 0. The second-order valence-electron chi connectivity index (χ2n) is 0.894. The first-order valence-corrected chi connectivity index (χ1v) is 4.38. The van der Waals surface area contributed by atoms with Gasteiger partial charge in [-0.25, -0.2) is 0 Å². The molecule has 0 aliphatic rings. The van der Waals surface area contributed by atoms with Gasteiger partial charge in [-0.2, -0.15) is 15.6 Å². The molecule has 0 atom stereocenters. The zero-order valence-electron chi connectivity index (χ0n) is 5.87. The van der Waals surface area contributed by atoms with Gasteiger partial charge in [0.05, 0.1) is 0 Å². The van der Waals surface area contributed by atoms with Gasteiger partial charge in [0.2, 0.25) is 0 Å². The Morgan fingerprint density at radius 1 is 0.615 bits per heavy atom. The third-order valence-electron chi connectivity index (χ3n) is 0. The predicted octanol–water partition coefficient (Wildman–Crippen LogP) is -7.68. The van der Waals surface area contributed by atoms with Crippen molar-refractivity contribution in [2.24, 2.45) is 0 Å². The summed E-state index contributed by atoms with van der Waals surface area (Å²) in [4.78, 5) is 51.3. The molecule has 0 rings (SSSR count). The standard InChI is InChI=1S/Ca.2H3O4P.2H2O/c;2*1-5(2,3)4;;/h;2*(H3,1,2,3,4);2*1H2/q+2;;;;/p-6. The van der Waals surface area contributed by atoms with Crippen LogP contribution in [0.25, 0.3) is 0 Å². The monoisotopic (exact) mass is 266 g/mol. The molecule has 0 radical (unpaired) electrons. The van der Waals surface area contributed by atoms with Crippen LogP contribution in [0.15, 0.2) is 0 Å². The molecule has 0 aromatic carbocycles. The Morgan fingerprint density at radius 3 is 0.615 bits per heavy atom. The molecule has 0 aliphatic heterocycles. The average Bonchev–Trinajstić information content (AvgIpc) is 1.12. The van der Waals surface area contributed by atoms with Crippen LogP contribution in [0.5, 0.6) is 0 Å². The molecule has 80 valence electrons. The van der Waals surface area contributed by atoms with E-state index >= 15 is 0 Å². The topological polar surface area (TPSA) is 236 Å². The van der Waals surface area contributed by atoms with Gasteiger partial charge in [-0.1, -0.05) is 0 Å². The largest absolute Gasteiger partial charge is 2.00 e. The molecule has 0 saturated heterocycles. The van der Waals surface area contributed by atoms with Gasteiger partial charge in [-0.15, -0.1) is 0 Å². The third kappa shape index (κ3) is 889. The minimum Gasteiger partial charge on any atom is -0.822 e. The van der Waals surface area contributed by atoms with E-state index in [4.69, 9.17) is 38.5 Å². The Hall–Kier alpha value is 1.40. The summed E-state index contributed by atoms with van der Waals surface area (Å²) < 4.78 is 17.1. The van der Waals surface area contributed by atoms with Crippen molar-refractivity contribution in [3.63, 3.8) is 0 Å². The third-order valence-corrected chi connectivity index (χ3v) is 0. The molecule has 0 heterocycles. The molecular formula is H4CaO10P2-4. The van der Waals surface area contributed by atoms with Crippen molar-refractivity contribution in [2.45, 2.75) is 0 Å². The second-order valence-corrected chi connectivity index (χ2v) is 2.68. The van der Waals surface area contributed by atoms with Crippen molar-refractivity contribution in [3.8, 4) is 0 Å². The van der Waals surface area contributed by atoms with Gasteiger partial charge in [-0.05, 0) is 0 Å². The van der Waals surface area contributed by atoms with Crippen molar-refractivity contribution >= 4 is 53.4 Å². The van der Waals surface area contributed by atoms with Crippen molar-refractivity contribution in [1.82, 2.24) is 0 Å². The smallest absolute Gasteiger partial charge is 0.822 e. The van der Waals surface area contributed by atoms with E-state index in [9.17, 15) is 0 Å². The van der Waals surface area contributed by atoms with E-state index in [1.165, 1.54) is 0 Å². The van der Waals surface area contributed by atoms with Crippen LogP contribution in [0.1, 0.15) is 0 Å². The van der Waals surface area contributed by atoms with E-state index in [1.807, 2.05) is 0 Å². The molecule has 4 N–H and O–H groups in total. The number of hydrogen-bond acceptors (Lipinski definition) is 8. The zero-order chi connectivity index (χ0) is 9.00. The molecule has 0 fully saturated rings. The Kier molecular flexibility index (Phi) is 25.8. The maximum Gasteiger partial charge on any atom is 2.00 e. The summed E-state index contributed by atoms with van der Waals surface area (Å²) in [7, 11) is -10.8. The first kappa shape index (κ1) is 29.3. The first-order chi connectivity index (χ1) is 4.00. The molecule has 0 saturated carbocycles. The van der Waals surface area contributed by atoms with Crippen molar-refractivity contribution in [1.29, 1.82) is 0 Å². The van der Waals surface area contributed by atoms with Crippen LogP contribution >= 0.6 is 15.6 Å². The van der Waals surface area contributed by atoms with E-state index in [0.717, 1.165) is 0 Å². The average molecular weight is 266 g/mol. The van der Waals surface area contributed by atoms with Crippen LogP contribution in [0.3, 0.4) is 0 Å². The Bertz CT molecular complexity index is 125. The van der Waals surface area contributed by atoms with Gasteiger partial charge in [0.1, 0.15) is 0 Å². The van der Waals surface area contributed by atoms with Gasteiger partial charge in [-0.3, -0.25) is 0 Å². The summed E-state index contributed by atoms with van der Waals surface area (Å²) >= 11 is 0. The van der Waals surface area contributed by atoms with Crippen LogP contribution in [-0.4, -0.2) is 48.7 Å². The summed E-state index contributed by atoms with van der Waals surface area (Å²) in [5.74, 6) is 0. The van der Waals surface area contributed by atoms with Crippen LogP contribution < -0.4 is 29.4 Å². The van der Waals surface area contributed by atoms with Gasteiger partial charge >= 0.3 is 37.7 Å².